The van der Waals surface area contributed by atoms with Gasteiger partial charge >= 0.3 is 0 Å². The van der Waals surface area contributed by atoms with Crippen molar-refractivity contribution in [1.29, 1.82) is 0 Å². The molecule has 1 atom stereocenters. The lowest BCUT2D eigenvalue weighted by Crippen LogP contribution is -2.31. The predicted octanol–water partition coefficient (Wildman–Crippen LogP) is 2.31. The molecule has 0 unspecified atom stereocenters. The first kappa shape index (κ1) is 18.6. The lowest BCUT2D eigenvalue weighted by Gasteiger charge is -2.21. The number of hydrogen-bond acceptors (Lipinski definition) is 7. The molecule has 3 aromatic rings. The van der Waals surface area contributed by atoms with Crippen molar-refractivity contribution in [2.24, 2.45) is 5.73 Å². The second-order valence-corrected chi connectivity index (χ2v) is 7.34. The molecule has 0 amide bonds. The van der Waals surface area contributed by atoms with Crippen LogP contribution >= 0.6 is 11.3 Å². The average Bonchev–Trinajstić information content (AvgIpc) is 3.19. The fourth-order valence-corrected chi connectivity index (χ4v) is 3.72. The molecule has 0 bridgehead atoms. The Balaban J connectivity index is 1.98. The molecule has 0 saturated heterocycles. The highest BCUT2D eigenvalue weighted by Gasteiger charge is 2.18. The Morgan fingerprint density at radius 3 is 2.88 bits per heavy atom. The molecule has 0 aliphatic rings. The molecule has 0 fully saturated rings. The van der Waals surface area contributed by atoms with Crippen LogP contribution in [0, 0.1) is 6.92 Å². The van der Waals surface area contributed by atoms with E-state index in [1.54, 1.807) is 7.11 Å². The minimum Gasteiger partial charge on any atom is -0.496 e. The topological polar surface area (TPSA) is 88.9 Å². The van der Waals surface area contributed by atoms with Crippen LogP contribution in [0.5, 0.6) is 5.75 Å². The summed E-state index contributed by atoms with van der Waals surface area (Å²) >= 11 is 1.50. The van der Waals surface area contributed by atoms with Crippen LogP contribution in [0.4, 0.5) is 5.13 Å². The molecule has 2 heterocycles. The Labute approximate surface area is 157 Å². The zero-order valence-corrected chi connectivity index (χ0v) is 16.2. The zero-order valence-electron chi connectivity index (χ0n) is 15.3. The van der Waals surface area contributed by atoms with E-state index in [-0.39, 0.29) is 12.6 Å². The molecule has 0 spiro atoms. The lowest BCUT2D eigenvalue weighted by molar-refractivity contribution is 0.301. The fraction of sp³-hybridized carbons (Fsp3) is 0.444. The Kier molecular flexibility index (Phi) is 5.75. The van der Waals surface area contributed by atoms with E-state index in [0.29, 0.717) is 6.54 Å². The number of fused-ring (bicyclic) bond motifs is 1. The summed E-state index contributed by atoms with van der Waals surface area (Å²) in [4.78, 5) is 7.36. The molecule has 0 radical (unpaired) electrons. The maximum absolute atomic E-state index is 9.38. The van der Waals surface area contributed by atoms with Gasteiger partial charge in [0.25, 0.3) is 0 Å². The first-order chi connectivity index (χ1) is 12.5. The van der Waals surface area contributed by atoms with Gasteiger partial charge in [-0.25, -0.2) is 9.50 Å². The maximum atomic E-state index is 9.38. The second kappa shape index (κ2) is 8.03. The van der Waals surface area contributed by atoms with Crippen LogP contribution in [-0.4, -0.2) is 52.6 Å². The van der Waals surface area contributed by atoms with E-state index in [4.69, 9.17) is 15.6 Å². The molecule has 0 saturated carbocycles. The summed E-state index contributed by atoms with van der Waals surface area (Å²) in [6, 6.07) is 6.18. The number of nitrogens with zero attached hydrogens (tertiary/aromatic N) is 4. The number of hydrogen-bond donors (Lipinski definition) is 2. The summed E-state index contributed by atoms with van der Waals surface area (Å²) in [6.45, 7) is 5.35. The summed E-state index contributed by atoms with van der Waals surface area (Å²) in [7, 11) is 1.67. The summed E-state index contributed by atoms with van der Waals surface area (Å²) in [5.41, 5.74) is 8.85. The van der Waals surface area contributed by atoms with Crippen LogP contribution in [0.15, 0.2) is 24.4 Å². The van der Waals surface area contributed by atoms with Crippen molar-refractivity contribution in [3.63, 3.8) is 0 Å². The van der Waals surface area contributed by atoms with Gasteiger partial charge in [0.1, 0.15) is 5.75 Å². The molecule has 140 valence electrons. The molecule has 3 N–H and O–H groups in total. The number of nitrogens with two attached hydrogens (primary N) is 1. The molecule has 8 heteroatoms. The summed E-state index contributed by atoms with van der Waals surface area (Å²) in [6.07, 6.45) is 2.65. The number of anilines is 1. The Morgan fingerprint density at radius 2 is 2.19 bits per heavy atom. The number of aliphatic hydroxyl groups is 1. The molecule has 1 aromatic carbocycles. The summed E-state index contributed by atoms with van der Waals surface area (Å²) in [5, 5.41) is 14.9. The van der Waals surface area contributed by atoms with E-state index in [9.17, 15) is 5.11 Å². The number of aryl methyl sites for hydroxylation is 1. The van der Waals surface area contributed by atoms with Crippen LogP contribution in [-0.2, 0) is 0 Å². The van der Waals surface area contributed by atoms with Gasteiger partial charge in [-0.15, -0.1) is 5.10 Å². The van der Waals surface area contributed by atoms with Crippen LogP contribution in [0.2, 0.25) is 0 Å². The van der Waals surface area contributed by atoms with Gasteiger partial charge in [0, 0.05) is 24.7 Å². The third-order valence-electron chi connectivity index (χ3n) is 4.20. The molecule has 0 aliphatic heterocycles. The van der Waals surface area contributed by atoms with Gasteiger partial charge in [0.05, 0.1) is 25.6 Å². The number of methoxy groups -OCH3 is 1. The van der Waals surface area contributed by atoms with Crippen LogP contribution < -0.4 is 15.4 Å². The highest BCUT2D eigenvalue weighted by atomic mass is 32.1. The molecule has 3 rings (SSSR count). The van der Waals surface area contributed by atoms with Crippen LogP contribution in [0.1, 0.15) is 18.9 Å². The van der Waals surface area contributed by atoms with Crippen LogP contribution in [0.25, 0.3) is 16.2 Å². The van der Waals surface area contributed by atoms with E-state index in [0.717, 1.165) is 45.6 Å². The third kappa shape index (κ3) is 3.82. The number of imidazole rings is 1. The number of aliphatic hydroxyl groups excluding tert-OH is 1. The van der Waals surface area contributed by atoms with E-state index < -0.39 is 0 Å². The average molecular weight is 375 g/mol. The van der Waals surface area contributed by atoms with Gasteiger partial charge in [-0.2, -0.15) is 0 Å². The van der Waals surface area contributed by atoms with E-state index in [2.05, 4.69) is 9.88 Å². The van der Waals surface area contributed by atoms with Gasteiger partial charge in [-0.3, -0.25) is 0 Å². The van der Waals surface area contributed by atoms with Crippen molar-refractivity contribution in [2.75, 3.05) is 31.7 Å². The van der Waals surface area contributed by atoms with Crippen molar-refractivity contribution >= 4 is 21.4 Å². The van der Waals surface area contributed by atoms with Gasteiger partial charge in [-0.05, 0) is 38.0 Å². The lowest BCUT2D eigenvalue weighted by atomic mass is 10.1. The largest absolute Gasteiger partial charge is 0.496 e. The molecular weight excluding hydrogens is 350 g/mol. The Hall–Kier alpha value is -2.16. The monoisotopic (exact) mass is 375 g/mol. The highest BCUT2D eigenvalue weighted by molar-refractivity contribution is 7.20. The molecular formula is C18H25N5O2S. The molecule has 2 aromatic heterocycles. The van der Waals surface area contributed by atoms with E-state index >= 15 is 0 Å². The summed E-state index contributed by atoms with van der Waals surface area (Å²) in [5.74, 6) is 0.797. The number of ether oxygens (including phenoxy) is 1. The van der Waals surface area contributed by atoms with Crippen LogP contribution in [0.3, 0.4) is 0 Å². The Morgan fingerprint density at radius 1 is 1.38 bits per heavy atom. The first-order valence-corrected chi connectivity index (χ1v) is 9.46. The van der Waals surface area contributed by atoms with Gasteiger partial charge in [0.2, 0.25) is 10.1 Å². The zero-order chi connectivity index (χ0) is 18.7. The van der Waals surface area contributed by atoms with Crippen molar-refractivity contribution in [2.45, 2.75) is 26.3 Å². The fourth-order valence-electron chi connectivity index (χ4n) is 2.79. The third-order valence-corrected chi connectivity index (χ3v) is 5.19. The van der Waals surface area contributed by atoms with E-state index in [1.165, 1.54) is 11.3 Å². The molecule has 26 heavy (non-hydrogen) atoms. The van der Waals surface area contributed by atoms with Crippen molar-refractivity contribution in [3.05, 3.63) is 30.0 Å². The van der Waals surface area contributed by atoms with Crippen molar-refractivity contribution < 1.29 is 9.84 Å². The van der Waals surface area contributed by atoms with Crippen molar-refractivity contribution in [1.82, 2.24) is 14.6 Å². The van der Waals surface area contributed by atoms with Gasteiger partial charge in [-0.1, -0.05) is 17.4 Å². The number of benzene rings is 1. The Bertz CT molecular complexity index is 874. The maximum Gasteiger partial charge on any atom is 0.214 e. The first-order valence-electron chi connectivity index (χ1n) is 8.64. The molecule has 7 nitrogen and oxygen atoms in total. The van der Waals surface area contributed by atoms with E-state index in [1.807, 2.05) is 42.8 Å². The normalized spacial score (nSPS) is 12.5. The van der Waals surface area contributed by atoms with Gasteiger partial charge < -0.3 is 20.5 Å². The highest BCUT2D eigenvalue weighted by Crippen LogP contribution is 2.33. The smallest absolute Gasteiger partial charge is 0.214 e. The SMILES string of the molecule is COc1cc(C)ccc1-c1cnc2sc(N(CCO)CC[C@@H](C)N)nn12. The predicted molar refractivity (Wildman–Crippen MR) is 105 cm³/mol. The number of rotatable bonds is 8. The second-order valence-electron chi connectivity index (χ2n) is 6.40. The quantitative estimate of drug-likeness (QED) is 0.628. The van der Waals surface area contributed by atoms with Gasteiger partial charge in [0.15, 0.2) is 0 Å². The standard InChI is InChI=1S/C18H25N5O2S/c1-12-4-5-14(16(10-12)25-3)15-11-20-17-23(15)21-18(26-17)22(8-9-24)7-6-13(2)19/h4-5,10-11,13,24H,6-9,19H2,1-3H3/t13-/m1/s1. The van der Waals surface area contributed by atoms with Crippen molar-refractivity contribution in [3.8, 4) is 17.0 Å². The minimum absolute atomic E-state index is 0.0689. The number of aromatic nitrogens is 3. The summed E-state index contributed by atoms with van der Waals surface area (Å²) < 4.78 is 7.37. The molecule has 0 aliphatic carbocycles. The minimum atomic E-state index is 0.0689.